The Bertz CT molecular complexity index is 678. The Labute approximate surface area is 166 Å². The molecule has 3 rings (SSSR count). The van der Waals surface area contributed by atoms with Crippen molar-refractivity contribution in [2.45, 2.75) is 25.7 Å². The maximum absolute atomic E-state index is 3.51. The summed E-state index contributed by atoms with van der Waals surface area (Å²) in [6.45, 7) is 0. The number of hydrogen-bond donors (Lipinski definition) is 0. The van der Waals surface area contributed by atoms with Crippen LogP contribution in [0.2, 0.25) is 0 Å². The molecule has 3 heterocycles. The molecule has 0 nitrogen and oxygen atoms in total. The molecular weight excluding hydrogens is 472 g/mol. The summed E-state index contributed by atoms with van der Waals surface area (Å²) < 4.78 is 0. The highest BCUT2D eigenvalue weighted by Gasteiger charge is 2.09. The van der Waals surface area contributed by atoms with E-state index in [1.165, 1.54) is 54.9 Å². The molecule has 0 saturated heterocycles. The lowest BCUT2D eigenvalue weighted by Gasteiger charge is -1.93. The second-order valence-electron chi connectivity index (χ2n) is 5.28. The molecule has 122 valence electrons. The number of rotatable bonds is 8. The Morgan fingerprint density at radius 3 is 1.39 bits per heavy atom. The van der Waals surface area contributed by atoms with Crippen LogP contribution in [0.3, 0.4) is 0 Å². The van der Waals surface area contributed by atoms with Crippen LogP contribution in [-0.2, 0) is 12.8 Å². The van der Waals surface area contributed by atoms with Gasteiger partial charge in [0.1, 0.15) is 0 Å². The van der Waals surface area contributed by atoms with Crippen LogP contribution in [0, 0.1) is 0 Å². The van der Waals surface area contributed by atoms with E-state index in [1.807, 2.05) is 34.0 Å². The van der Waals surface area contributed by atoms with Gasteiger partial charge in [-0.15, -0.1) is 34.0 Å². The van der Waals surface area contributed by atoms with E-state index >= 15 is 0 Å². The predicted octanol–water partition coefficient (Wildman–Crippen LogP) is 7.86. The summed E-state index contributed by atoms with van der Waals surface area (Å²) in [6.07, 6.45) is 4.77. The Kier molecular flexibility index (Phi) is 6.95. The first-order valence-electron chi connectivity index (χ1n) is 7.70. The van der Waals surface area contributed by atoms with Gasteiger partial charge in [-0.05, 0) is 62.1 Å². The van der Waals surface area contributed by atoms with Gasteiger partial charge in [-0.3, -0.25) is 0 Å². The van der Waals surface area contributed by atoms with Crippen molar-refractivity contribution in [1.82, 2.24) is 0 Å². The number of alkyl halides is 2. The van der Waals surface area contributed by atoms with Crippen molar-refractivity contribution in [2.75, 3.05) is 10.7 Å². The molecule has 0 N–H and O–H groups in total. The molecule has 5 heteroatoms. The molecule has 0 aliphatic rings. The van der Waals surface area contributed by atoms with Gasteiger partial charge in [0.25, 0.3) is 0 Å². The first-order chi connectivity index (χ1) is 11.3. The highest BCUT2D eigenvalue weighted by Crippen LogP contribution is 2.40. The molecule has 0 spiro atoms. The van der Waals surface area contributed by atoms with E-state index in [0.717, 1.165) is 10.7 Å². The van der Waals surface area contributed by atoms with Crippen LogP contribution in [0.25, 0.3) is 19.5 Å². The van der Waals surface area contributed by atoms with Crippen molar-refractivity contribution >= 4 is 65.9 Å². The van der Waals surface area contributed by atoms with E-state index in [1.54, 1.807) is 0 Å². The minimum absolute atomic E-state index is 1.08. The fourth-order valence-corrected chi connectivity index (χ4v) is 6.22. The maximum Gasteiger partial charge on any atom is 0.0449 e. The summed E-state index contributed by atoms with van der Waals surface area (Å²) in [4.78, 5) is 8.57. The molecule has 0 aromatic carbocycles. The highest BCUT2D eigenvalue weighted by molar-refractivity contribution is 9.09. The summed E-state index contributed by atoms with van der Waals surface area (Å²) in [5.41, 5.74) is 0. The summed E-state index contributed by atoms with van der Waals surface area (Å²) in [7, 11) is 0. The molecule has 3 aromatic rings. The van der Waals surface area contributed by atoms with Gasteiger partial charge in [0, 0.05) is 39.9 Å². The van der Waals surface area contributed by atoms with Gasteiger partial charge in [-0.2, -0.15) is 0 Å². The van der Waals surface area contributed by atoms with Crippen LogP contribution in [-0.4, -0.2) is 10.7 Å². The molecule has 0 bridgehead atoms. The van der Waals surface area contributed by atoms with Gasteiger partial charge in [0.05, 0.1) is 0 Å². The minimum Gasteiger partial charge on any atom is -0.139 e. The molecule has 0 radical (unpaired) electrons. The van der Waals surface area contributed by atoms with Crippen molar-refractivity contribution in [3.05, 3.63) is 46.2 Å². The number of aryl methyl sites for hydroxylation is 2. The molecule has 0 fully saturated rings. The van der Waals surface area contributed by atoms with E-state index in [9.17, 15) is 0 Å². The van der Waals surface area contributed by atoms with Gasteiger partial charge in [-0.1, -0.05) is 31.9 Å². The second kappa shape index (κ2) is 8.95. The van der Waals surface area contributed by atoms with Gasteiger partial charge in [-0.25, -0.2) is 0 Å². The minimum atomic E-state index is 1.08. The van der Waals surface area contributed by atoms with Crippen LogP contribution in [0.15, 0.2) is 36.4 Å². The molecule has 3 aromatic heterocycles. The van der Waals surface area contributed by atoms with E-state index in [4.69, 9.17) is 0 Å². The third-order valence-corrected chi connectivity index (χ3v) is 8.42. The monoisotopic (exact) mass is 488 g/mol. The summed E-state index contributed by atoms with van der Waals surface area (Å²) >= 11 is 12.8. The fraction of sp³-hybridized carbons (Fsp3) is 0.333. The summed E-state index contributed by atoms with van der Waals surface area (Å²) in [6, 6.07) is 13.7. The van der Waals surface area contributed by atoms with Crippen LogP contribution in [0.4, 0.5) is 0 Å². The van der Waals surface area contributed by atoms with Crippen LogP contribution in [0.5, 0.6) is 0 Å². The Morgan fingerprint density at radius 1 is 0.565 bits per heavy atom. The summed E-state index contributed by atoms with van der Waals surface area (Å²) in [5.74, 6) is 0. The van der Waals surface area contributed by atoms with E-state index in [2.05, 4.69) is 68.3 Å². The lowest BCUT2D eigenvalue weighted by atomic mass is 10.3. The summed E-state index contributed by atoms with van der Waals surface area (Å²) in [5, 5.41) is 2.17. The number of halogens is 2. The van der Waals surface area contributed by atoms with Crippen molar-refractivity contribution in [3.63, 3.8) is 0 Å². The fourth-order valence-electron chi connectivity index (χ4n) is 2.37. The molecule has 0 atom stereocenters. The molecule has 0 aliphatic heterocycles. The van der Waals surface area contributed by atoms with E-state index in [0.29, 0.717) is 0 Å². The molecule has 0 aliphatic carbocycles. The average molecular weight is 490 g/mol. The van der Waals surface area contributed by atoms with Crippen molar-refractivity contribution in [2.24, 2.45) is 0 Å². The van der Waals surface area contributed by atoms with E-state index < -0.39 is 0 Å². The van der Waals surface area contributed by atoms with Crippen molar-refractivity contribution in [1.29, 1.82) is 0 Å². The largest absolute Gasteiger partial charge is 0.139 e. The van der Waals surface area contributed by atoms with E-state index in [-0.39, 0.29) is 0 Å². The Balaban J connectivity index is 1.72. The van der Waals surface area contributed by atoms with Crippen molar-refractivity contribution < 1.29 is 0 Å². The zero-order chi connectivity index (χ0) is 16.1. The zero-order valence-corrected chi connectivity index (χ0v) is 18.3. The smallest absolute Gasteiger partial charge is 0.0449 e. The quantitative estimate of drug-likeness (QED) is 0.282. The van der Waals surface area contributed by atoms with Crippen LogP contribution in [0.1, 0.15) is 22.6 Å². The first-order valence-corrected chi connectivity index (χ1v) is 12.4. The SMILES string of the molecule is BrCCCc1ccc(-c2ccc(-c3ccc(CCCBr)s3)s2)s1. The molecule has 0 unspecified atom stereocenters. The maximum atomic E-state index is 3.51. The normalized spacial score (nSPS) is 11.2. The van der Waals surface area contributed by atoms with Crippen molar-refractivity contribution in [3.8, 4) is 19.5 Å². The topological polar surface area (TPSA) is 0 Å². The molecule has 0 saturated carbocycles. The lowest BCUT2D eigenvalue weighted by Crippen LogP contribution is -1.79. The first kappa shape index (κ1) is 17.9. The number of thiophene rings is 3. The Morgan fingerprint density at radius 2 is 0.957 bits per heavy atom. The third kappa shape index (κ3) is 4.79. The van der Waals surface area contributed by atoms with Gasteiger partial charge in [0.2, 0.25) is 0 Å². The van der Waals surface area contributed by atoms with Crippen LogP contribution >= 0.6 is 65.9 Å². The zero-order valence-electron chi connectivity index (χ0n) is 12.7. The highest BCUT2D eigenvalue weighted by atomic mass is 79.9. The predicted molar refractivity (Wildman–Crippen MR) is 115 cm³/mol. The number of hydrogen-bond acceptors (Lipinski definition) is 3. The lowest BCUT2D eigenvalue weighted by molar-refractivity contribution is 0.959. The molecule has 0 amide bonds. The molecular formula is C18H18Br2S3. The van der Waals surface area contributed by atoms with Gasteiger partial charge in [0.15, 0.2) is 0 Å². The third-order valence-electron chi connectivity index (χ3n) is 3.53. The Hall–Kier alpha value is 0.0600. The van der Waals surface area contributed by atoms with Crippen LogP contribution < -0.4 is 0 Å². The molecule has 23 heavy (non-hydrogen) atoms. The van der Waals surface area contributed by atoms with Gasteiger partial charge >= 0.3 is 0 Å². The average Bonchev–Trinajstić information content (AvgIpc) is 3.29. The second-order valence-corrected chi connectivity index (χ2v) is 10.3. The van der Waals surface area contributed by atoms with Gasteiger partial charge < -0.3 is 0 Å². The standard InChI is InChI=1S/C18H18Br2S3/c19-11-1-3-13-5-7-15(21-13)17-9-10-18(23-17)16-8-6-14(22-16)4-2-12-20/h5-10H,1-4,11-12H2.